The number of ketones is 1. The number of hydrogen-bond acceptors (Lipinski definition) is 4. The number of halogens is 4. The third kappa shape index (κ3) is 3.66. The zero-order chi connectivity index (χ0) is 19.9. The van der Waals surface area contributed by atoms with E-state index in [2.05, 4.69) is 5.32 Å². The summed E-state index contributed by atoms with van der Waals surface area (Å²) in [6.07, 6.45) is 0. The largest absolute Gasteiger partial charge is 0.325 e. The number of carbonyl (C=O) groups is 4. The maximum atomic E-state index is 12.6. The molecule has 0 radical (unpaired) electrons. The van der Waals surface area contributed by atoms with Crippen LogP contribution >= 0.6 is 46.4 Å². The van der Waals surface area contributed by atoms with E-state index in [0.717, 1.165) is 0 Å². The van der Waals surface area contributed by atoms with E-state index in [9.17, 15) is 19.2 Å². The SMILES string of the molecule is O=C(Nc1ccc(Cl)c(Cl)c1)[C@H]1C(=O)C(=O)N(c2ccc(Cl)c(Cl)c2)C1=O. The van der Waals surface area contributed by atoms with Crippen molar-refractivity contribution in [3.63, 3.8) is 0 Å². The number of nitrogens with zero attached hydrogens (tertiary/aromatic N) is 1. The van der Waals surface area contributed by atoms with E-state index in [0.29, 0.717) is 4.90 Å². The van der Waals surface area contributed by atoms with E-state index in [-0.39, 0.29) is 31.5 Å². The van der Waals surface area contributed by atoms with Gasteiger partial charge in [0.05, 0.1) is 25.8 Å². The highest BCUT2D eigenvalue weighted by Gasteiger charge is 2.51. The Morgan fingerprint density at radius 1 is 0.852 bits per heavy atom. The van der Waals surface area contributed by atoms with Crippen LogP contribution in [0.2, 0.25) is 20.1 Å². The maximum Gasteiger partial charge on any atom is 0.302 e. The van der Waals surface area contributed by atoms with Gasteiger partial charge in [0.25, 0.3) is 5.91 Å². The average molecular weight is 446 g/mol. The summed E-state index contributed by atoms with van der Waals surface area (Å²) in [5.74, 6) is -6.04. The normalized spacial score (nSPS) is 16.8. The van der Waals surface area contributed by atoms with Crippen LogP contribution in [0.25, 0.3) is 0 Å². The molecule has 1 aliphatic heterocycles. The number of benzene rings is 2. The molecule has 0 spiro atoms. The van der Waals surface area contributed by atoms with E-state index < -0.39 is 29.4 Å². The Labute approximate surface area is 172 Å². The van der Waals surface area contributed by atoms with Gasteiger partial charge in [0.2, 0.25) is 11.7 Å². The molecule has 1 N–H and O–H groups in total. The molecule has 3 rings (SSSR count). The molecule has 2 aromatic carbocycles. The molecule has 0 aliphatic carbocycles. The second-order valence-electron chi connectivity index (χ2n) is 5.49. The van der Waals surface area contributed by atoms with Crippen molar-refractivity contribution in [2.75, 3.05) is 10.2 Å². The summed E-state index contributed by atoms with van der Waals surface area (Å²) in [4.78, 5) is 50.1. The molecule has 0 unspecified atom stereocenters. The quantitative estimate of drug-likeness (QED) is 0.439. The second-order valence-corrected chi connectivity index (χ2v) is 7.12. The van der Waals surface area contributed by atoms with Crippen molar-refractivity contribution in [2.45, 2.75) is 0 Å². The van der Waals surface area contributed by atoms with Crippen LogP contribution in [0.15, 0.2) is 36.4 Å². The molecule has 6 nitrogen and oxygen atoms in total. The van der Waals surface area contributed by atoms with Crippen molar-refractivity contribution in [1.29, 1.82) is 0 Å². The lowest BCUT2D eigenvalue weighted by Gasteiger charge is -2.14. The molecule has 2 aromatic rings. The molecule has 0 saturated carbocycles. The number of carbonyl (C=O) groups excluding carboxylic acids is 4. The van der Waals surface area contributed by atoms with Gasteiger partial charge >= 0.3 is 5.91 Å². The number of hydrogen-bond donors (Lipinski definition) is 1. The summed E-state index contributed by atoms with van der Waals surface area (Å²) >= 11 is 23.4. The number of nitrogens with one attached hydrogen (secondary N) is 1. The van der Waals surface area contributed by atoms with Gasteiger partial charge in [-0.3, -0.25) is 19.2 Å². The number of amides is 3. The molecule has 0 bridgehead atoms. The highest BCUT2D eigenvalue weighted by Crippen LogP contribution is 2.31. The van der Waals surface area contributed by atoms with Crippen molar-refractivity contribution in [1.82, 2.24) is 0 Å². The van der Waals surface area contributed by atoms with Gasteiger partial charge in [-0.2, -0.15) is 0 Å². The molecular weight excluding hydrogens is 438 g/mol. The Bertz CT molecular complexity index is 1010. The highest BCUT2D eigenvalue weighted by atomic mass is 35.5. The van der Waals surface area contributed by atoms with Gasteiger partial charge in [0.15, 0.2) is 5.92 Å². The lowest BCUT2D eigenvalue weighted by molar-refractivity contribution is -0.139. The average Bonchev–Trinajstić information content (AvgIpc) is 2.83. The molecule has 0 aromatic heterocycles. The summed E-state index contributed by atoms with van der Waals surface area (Å²) in [5, 5.41) is 3.11. The number of Topliss-reactive ketones (excluding diaryl/α,β-unsaturated/α-hetero) is 1. The van der Waals surface area contributed by atoms with Gasteiger partial charge in [-0.1, -0.05) is 46.4 Å². The number of anilines is 2. The first-order valence-electron chi connectivity index (χ1n) is 7.34. The third-order valence-corrected chi connectivity index (χ3v) is 5.23. The van der Waals surface area contributed by atoms with Gasteiger partial charge in [-0.25, -0.2) is 4.90 Å². The van der Waals surface area contributed by atoms with Crippen LogP contribution in [0, 0.1) is 5.92 Å². The monoisotopic (exact) mass is 444 g/mol. The second kappa shape index (κ2) is 7.48. The minimum atomic E-state index is -1.82. The molecule has 1 saturated heterocycles. The van der Waals surface area contributed by atoms with E-state index in [1.165, 1.54) is 36.4 Å². The third-order valence-electron chi connectivity index (χ3n) is 3.75. The summed E-state index contributed by atoms with van der Waals surface area (Å²) in [6.45, 7) is 0. The predicted octanol–water partition coefficient (Wildman–Crippen LogP) is 4.00. The fourth-order valence-corrected chi connectivity index (χ4v) is 3.05. The van der Waals surface area contributed by atoms with Crippen LogP contribution < -0.4 is 10.2 Å². The lowest BCUT2D eigenvalue weighted by Crippen LogP contribution is -2.34. The summed E-state index contributed by atoms with van der Waals surface area (Å²) in [6, 6.07) is 8.19. The molecule has 3 amide bonds. The topological polar surface area (TPSA) is 83.6 Å². The van der Waals surface area contributed by atoms with E-state index >= 15 is 0 Å². The summed E-state index contributed by atoms with van der Waals surface area (Å²) in [5.41, 5.74) is 0.257. The van der Waals surface area contributed by atoms with Crippen molar-refractivity contribution in [3.8, 4) is 0 Å². The molecule has 1 aliphatic rings. The summed E-state index contributed by atoms with van der Waals surface area (Å²) < 4.78 is 0. The van der Waals surface area contributed by atoms with Crippen molar-refractivity contribution >= 4 is 81.3 Å². The fraction of sp³-hybridized carbons (Fsp3) is 0.0588. The molecule has 1 atom stereocenters. The van der Waals surface area contributed by atoms with Crippen LogP contribution in [0.1, 0.15) is 0 Å². The summed E-state index contributed by atoms with van der Waals surface area (Å²) in [7, 11) is 0. The molecule has 138 valence electrons. The Balaban J connectivity index is 1.87. The van der Waals surface area contributed by atoms with Gasteiger partial charge in [-0.05, 0) is 36.4 Å². The van der Waals surface area contributed by atoms with E-state index in [1.54, 1.807) is 0 Å². The minimum absolute atomic E-state index is 0.0394. The molecular formula is C17H8Cl4N2O4. The first-order chi connectivity index (χ1) is 12.7. The van der Waals surface area contributed by atoms with Crippen LogP contribution in [0.3, 0.4) is 0 Å². The molecule has 1 heterocycles. The van der Waals surface area contributed by atoms with Gasteiger partial charge in [0.1, 0.15) is 0 Å². The van der Waals surface area contributed by atoms with Crippen LogP contribution in [0.4, 0.5) is 11.4 Å². The van der Waals surface area contributed by atoms with Gasteiger partial charge in [0, 0.05) is 5.69 Å². The van der Waals surface area contributed by atoms with Gasteiger partial charge < -0.3 is 5.32 Å². The Hall–Kier alpha value is -2.12. The smallest absolute Gasteiger partial charge is 0.302 e. The van der Waals surface area contributed by atoms with Gasteiger partial charge in [-0.15, -0.1) is 0 Å². The van der Waals surface area contributed by atoms with Crippen LogP contribution in [-0.4, -0.2) is 23.5 Å². The zero-order valence-electron chi connectivity index (χ0n) is 13.1. The first kappa shape index (κ1) is 19.6. The molecule has 27 heavy (non-hydrogen) atoms. The minimum Gasteiger partial charge on any atom is -0.325 e. The number of rotatable bonds is 3. The Morgan fingerprint density at radius 3 is 2.04 bits per heavy atom. The van der Waals surface area contributed by atoms with Crippen molar-refractivity contribution < 1.29 is 19.2 Å². The zero-order valence-corrected chi connectivity index (χ0v) is 16.2. The predicted molar refractivity (Wildman–Crippen MR) is 103 cm³/mol. The Morgan fingerprint density at radius 2 is 1.44 bits per heavy atom. The fourth-order valence-electron chi connectivity index (χ4n) is 2.46. The van der Waals surface area contributed by atoms with Crippen molar-refractivity contribution in [3.05, 3.63) is 56.5 Å². The van der Waals surface area contributed by atoms with E-state index in [1.807, 2.05) is 0 Å². The van der Waals surface area contributed by atoms with Crippen molar-refractivity contribution in [2.24, 2.45) is 5.92 Å². The molecule has 10 heteroatoms. The molecule has 1 fully saturated rings. The maximum absolute atomic E-state index is 12.6. The Kier molecular flexibility index (Phi) is 5.44. The van der Waals surface area contributed by atoms with E-state index in [4.69, 9.17) is 46.4 Å². The highest BCUT2D eigenvalue weighted by molar-refractivity contribution is 6.60. The number of imide groups is 1. The standard InChI is InChI=1S/C17H8Cl4N2O4/c18-9-3-1-7(5-11(9)20)22-15(25)13-14(24)17(27)23(16(13)26)8-2-4-10(19)12(21)6-8/h1-6,13H,(H,22,25)/t13-/m1/s1. The lowest BCUT2D eigenvalue weighted by atomic mass is 10.1. The first-order valence-corrected chi connectivity index (χ1v) is 8.85. The van der Waals surface area contributed by atoms with Crippen LogP contribution in [-0.2, 0) is 19.2 Å². The van der Waals surface area contributed by atoms with Crippen LogP contribution in [0.5, 0.6) is 0 Å².